The minimum absolute atomic E-state index is 0.0815. The molecule has 1 N–H and O–H groups in total. The first-order chi connectivity index (χ1) is 9.69. The molecule has 0 aliphatic rings. The van der Waals surface area contributed by atoms with Crippen LogP contribution in [0.3, 0.4) is 0 Å². The molecule has 0 spiro atoms. The van der Waals surface area contributed by atoms with Crippen molar-refractivity contribution in [3.05, 3.63) is 35.4 Å². The van der Waals surface area contributed by atoms with E-state index in [1.165, 1.54) is 19.1 Å². The molecular weight excluding hydrogens is 309 g/mol. The minimum Gasteiger partial charge on any atom is -0.478 e. The molecule has 0 saturated heterocycles. The normalized spacial score (nSPS) is 11.6. The Hall–Kier alpha value is -1.96. The second-order valence-corrected chi connectivity index (χ2v) is 5.01. The number of thioether (sulfide) groups is 1. The Bertz CT molecular complexity index is 567. The third-order valence-corrected chi connectivity index (χ3v) is 2.92. The Morgan fingerprint density at radius 1 is 1.38 bits per heavy atom. The van der Waals surface area contributed by atoms with Crippen LogP contribution in [-0.4, -0.2) is 28.3 Å². The summed E-state index contributed by atoms with van der Waals surface area (Å²) in [7, 11) is 0. The van der Waals surface area contributed by atoms with E-state index in [9.17, 15) is 22.8 Å². The van der Waals surface area contributed by atoms with Gasteiger partial charge in [0.05, 0.1) is 0 Å². The van der Waals surface area contributed by atoms with Crippen molar-refractivity contribution in [3.8, 4) is 5.75 Å². The molecular formula is C13H11F3O4S. The fraction of sp³-hybridized carbons (Fsp3) is 0.231. The highest BCUT2D eigenvalue weighted by atomic mass is 32.2. The van der Waals surface area contributed by atoms with Gasteiger partial charge < -0.3 is 9.84 Å². The molecule has 8 heteroatoms. The average Bonchev–Trinajstić information content (AvgIpc) is 2.32. The van der Waals surface area contributed by atoms with Crippen molar-refractivity contribution in [1.82, 2.24) is 0 Å². The summed E-state index contributed by atoms with van der Waals surface area (Å²) in [5, 5.41) is 8.74. The maximum Gasteiger partial charge on any atom is 0.573 e. The largest absolute Gasteiger partial charge is 0.573 e. The topological polar surface area (TPSA) is 63.6 Å². The third-order valence-electron chi connectivity index (χ3n) is 2.15. The van der Waals surface area contributed by atoms with Gasteiger partial charge in [-0.25, -0.2) is 4.79 Å². The highest BCUT2D eigenvalue weighted by Gasteiger charge is 2.33. The van der Waals surface area contributed by atoms with E-state index in [-0.39, 0.29) is 5.12 Å². The van der Waals surface area contributed by atoms with Crippen molar-refractivity contribution >= 4 is 28.9 Å². The Morgan fingerprint density at radius 2 is 2.05 bits per heavy atom. The van der Waals surface area contributed by atoms with Crippen molar-refractivity contribution in [2.24, 2.45) is 0 Å². The number of aromatic carboxylic acids is 1. The zero-order chi connectivity index (χ0) is 16.0. The molecule has 21 heavy (non-hydrogen) atoms. The van der Waals surface area contributed by atoms with Crippen molar-refractivity contribution in [3.63, 3.8) is 0 Å². The van der Waals surface area contributed by atoms with Crippen molar-refractivity contribution in [2.45, 2.75) is 13.3 Å². The molecule has 0 amide bonds. The molecule has 1 aromatic carbocycles. The highest BCUT2D eigenvalue weighted by molar-refractivity contribution is 8.13. The van der Waals surface area contributed by atoms with E-state index in [1.54, 1.807) is 6.08 Å². The van der Waals surface area contributed by atoms with Crippen molar-refractivity contribution < 1.29 is 32.6 Å². The number of carboxylic acids is 1. The van der Waals surface area contributed by atoms with Gasteiger partial charge in [-0.3, -0.25) is 4.79 Å². The number of carbonyl (C=O) groups is 2. The molecule has 0 unspecified atom stereocenters. The zero-order valence-corrected chi connectivity index (χ0v) is 11.6. The first-order valence-corrected chi connectivity index (χ1v) is 6.60. The number of rotatable bonds is 5. The van der Waals surface area contributed by atoms with Crippen molar-refractivity contribution in [2.75, 3.05) is 5.75 Å². The monoisotopic (exact) mass is 320 g/mol. The van der Waals surface area contributed by atoms with Gasteiger partial charge in [0.1, 0.15) is 11.3 Å². The van der Waals surface area contributed by atoms with Gasteiger partial charge in [-0.15, -0.1) is 13.2 Å². The molecule has 0 aliphatic carbocycles. The zero-order valence-electron chi connectivity index (χ0n) is 10.8. The van der Waals surface area contributed by atoms with E-state index in [2.05, 4.69) is 4.74 Å². The van der Waals surface area contributed by atoms with Crippen LogP contribution in [0.5, 0.6) is 5.75 Å². The summed E-state index contributed by atoms with van der Waals surface area (Å²) in [4.78, 5) is 21.6. The van der Waals surface area contributed by atoms with E-state index in [0.717, 1.165) is 23.9 Å². The van der Waals surface area contributed by atoms with E-state index in [4.69, 9.17) is 5.11 Å². The smallest absolute Gasteiger partial charge is 0.478 e. The highest BCUT2D eigenvalue weighted by Crippen LogP contribution is 2.28. The van der Waals surface area contributed by atoms with Gasteiger partial charge in [0.2, 0.25) is 0 Å². The molecule has 0 bridgehead atoms. The Labute approximate surface area is 122 Å². The molecule has 0 radical (unpaired) electrons. The van der Waals surface area contributed by atoms with Crippen LogP contribution in [0.15, 0.2) is 24.3 Å². The van der Waals surface area contributed by atoms with Crippen LogP contribution in [0, 0.1) is 0 Å². The lowest BCUT2D eigenvalue weighted by Crippen LogP contribution is -2.19. The number of carboxylic acid groups (broad SMARTS) is 1. The Balaban J connectivity index is 2.96. The van der Waals surface area contributed by atoms with E-state index < -0.39 is 23.6 Å². The first-order valence-electron chi connectivity index (χ1n) is 5.62. The third kappa shape index (κ3) is 6.35. The molecule has 0 saturated carbocycles. The number of benzene rings is 1. The Morgan fingerprint density at radius 3 is 2.57 bits per heavy atom. The molecule has 0 aromatic heterocycles. The fourth-order valence-corrected chi connectivity index (χ4v) is 1.81. The summed E-state index contributed by atoms with van der Waals surface area (Å²) in [5.41, 5.74) is -0.244. The quantitative estimate of drug-likeness (QED) is 0.898. The minimum atomic E-state index is -4.98. The Kier molecular flexibility index (Phi) is 5.83. The van der Waals surface area contributed by atoms with E-state index in [0.29, 0.717) is 11.3 Å². The molecule has 4 nitrogen and oxygen atoms in total. The number of hydrogen-bond donors (Lipinski definition) is 1. The molecule has 0 fully saturated rings. The maximum absolute atomic E-state index is 12.2. The summed E-state index contributed by atoms with van der Waals surface area (Å²) in [5.74, 6) is -1.93. The number of ether oxygens (including phenoxy) is 1. The molecule has 1 rings (SSSR count). The average molecular weight is 320 g/mol. The van der Waals surface area contributed by atoms with E-state index >= 15 is 0 Å². The maximum atomic E-state index is 12.2. The number of alkyl halides is 3. The lowest BCUT2D eigenvalue weighted by molar-refractivity contribution is -0.274. The van der Waals surface area contributed by atoms with Gasteiger partial charge in [-0.05, 0) is 17.7 Å². The van der Waals surface area contributed by atoms with Crippen LogP contribution < -0.4 is 4.74 Å². The van der Waals surface area contributed by atoms with Gasteiger partial charge in [-0.2, -0.15) is 0 Å². The SMILES string of the molecule is CC(=O)SCC=Cc1ccc(C(=O)O)c(OC(F)(F)F)c1. The lowest BCUT2D eigenvalue weighted by atomic mass is 10.1. The molecule has 1 aromatic rings. The number of halogens is 3. The van der Waals surface area contributed by atoms with Crippen LogP contribution in [0.4, 0.5) is 13.2 Å². The predicted molar refractivity (Wildman–Crippen MR) is 72.3 cm³/mol. The van der Waals surface area contributed by atoms with Gasteiger partial charge in [0.25, 0.3) is 0 Å². The number of carbonyl (C=O) groups excluding carboxylic acids is 1. The van der Waals surface area contributed by atoms with E-state index in [1.807, 2.05) is 0 Å². The van der Waals surface area contributed by atoms with Crippen LogP contribution in [0.1, 0.15) is 22.8 Å². The molecule has 0 heterocycles. The molecule has 114 valence electrons. The van der Waals surface area contributed by atoms with Gasteiger partial charge in [-0.1, -0.05) is 30.0 Å². The fourth-order valence-electron chi connectivity index (χ4n) is 1.38. The summed E-state index contributed by atoms with van der Waals surface area (Å²) in [6.45, 7) is 1.40. The second-order valence-electron chi connectivity index (χ2n) is 3.81. The van der Waals surface area contributed by atoms with Crippen LogP contribution >= 0.6 is 11.8 Å². The van der Waals surface area contributed by atoms with Crippen LogP contribution in [0.25, 0.3) is 6.08 Å². The number of hydrogen-bond acceptors (Lipinski definition) is 4. The van der Waals surface area contributed by atoms with Gasteiger partial charge in [0, 0.05) is 12.7 Å². The standard InChI is InChI=1S/C13H11F3O4S/c1-8(17)21-6-2-3-9-4-5-10(12(18)19)11(7-9)20-13(14,15)16/h2-5,7H,6H2,1H3,(H,18,19). The molecule has 0 aliphatic heterocycles. The summed E-state index contributed by atoms with van der Waals surface area (Å²) < 4.78 is 40.4. The van der Waals surface area contributed by atoms with Crippen molar-refractivity contribution in [1.29, 1.82) is 0 Å². The van der Waals surface area contributed by atoms with Crippen LogP contribution in [-0.2, 0) is 4.79 Å². The predicted octanol–water partition coefficient (Wildman–Crippen LogP) is 3.58. The summed E-state index contributed by atoms with van der Waals surface area (Å²) in [6, 6.07) is 3.36. The first kappa shape index (κ1) is 17.1. The van der Waals surface area contributed by atoms with Gasteiger partial charge >= 0.3 is 12.3 Å². The molecule has 0 atom stereocenters. The second kappa shape index (κ2) is 7.16. The lowest BCUT2D eigenvalue weighted by Gasteiger charge is -2.11. The van der Waals surface area contributed by atoms with Gasteiger partial charge in [0.15, 0.2) is 5.12 Å². The summed E-state index contributed by atoms with van der Waals surface area (Å²) in [6.07, 6.45) is -1.92. The van der Waals surface area contributed by atoms with Crippen LogP contribution in [0.2, 0.25) is 0 Å². The summed E-state index contributed by atoms with van der Waals surface area (Å²) >= 11 is 1.04.